The van der Waals surface area contributed by atoms with Crippen LogP contribution >= 0.6 is 0 Å². The van der Waals surface area contributed by atoms with Gasteiger partial charge in [0.05, 0.1) is 0 Å². The Bertz CT molecular complexity index is 66.0. The summed E-state index contributed by atoms with van der Waals surface area (Å²) in [7, 11) is 0. The Morgan fingerprint density at radius 2 is 2.57 bits per heavy atom. The summed E-state index contributed by atoms with van der Waals surface area (Å²) < 4.78 is 6.86. The molecule has 0 saturated heterocycles. The van der Waals surface area contributed by atoms with E-state index < -0.39 is 0 Å². The molecule has 0 bridgehead atoms. The van der Waals surface area contributed by atoms with E-state index >= 15 is 0 Å². The summed E-state index contributed by atoms with van der Waals surface area (Å²) in [5, 5.41) is 0. The van der Waals surface area contributed by atoms with Crippen LogP contribution in [0.1, 0.15) is 6.92 Å². The van der Waals surface area contributed by atoms with Gasteiger partial charge in [-0.25, -0.2) is 0 Å². The second-order valence-corrected chi connectivity index (χ2v) is 1.56. The van der Waals surface area contributed by atoms with Crippen molar-refractivity contribution in [3.8, 4) is 0 Å². The Morgan fingerprint density at radius 3 is 2.71 bits per heavy atom. The van der Waals surface area contributed by atoms with Crippen LogP contribution in [-0.2, 0) is 4.74 Å². The van der Waals surface area contributed by atoms with Crippen LogP contribution in [-0.4, -0.2) is 35.5 Å². The van der Waals surface area contributed by atoms with Crippen molar-refractivity contribution in [2.45, 2.75) is 6.92 Å². The van der Waals surface area contributed by atoms with Crippen molar-refractivity contribution in [1.29, 1.82) is 0 Å². The van der Waals surface area contributed by atoms with Crippen LogP contribution in [0.4, 0.5) is 4.79 Å². The van der Waals surface area contributed by atoms with Gasteiger partial charge in [0.1, 0.15) is 0 Å². The van der Waals surface area contributed by atoms with Gasteiger partial charge in [0.25, 0.3) is 0 Å². The number of hydrogen-bond acceptors (Lipinski definition) is 2. The van der Waals surface area contributed by atoms with Crippen molar-refractivity contribution in [3.63, 3.8) is 0 Å². The monoisotopic (exact) mass is 208 g/mol. The molecule has 1 N–H and O–H groups in total. The summed E-state index contributed by atoms with van der Waals surface area (Å²) >= 11 is 0.966. The molecule has 0 unspecified atom stereocenters. The third kappa shape index (κ3) is 3.91. The summed E-state index contributed by atoms with van der Waals surface area (Å²) in [6, 6.07) is 0. The van der Waals surface area contributed by atoms with Crippen LogP contribution in [0.2, 0.25) is 0 Å². The summed E-state index contributed by atoms with van der Waals surface area (Å²) in [5.41, 5.74) is 0. The Labute approximate surface area is 55.9 Å². The van der Waals surface area contributed by atoms with Crippen molar-refractivity contribution < 1.29 is 9.53 Å². The molecule has 0 aromatic rings. The van der Waals surface area contributed by atoms with Crippen molar-refractivity contribution in [1.82, 2.24) is 3.54 Å². The molecule has 0 saturated carbocycles. The fourth-order valence-corrected chi connectivity index (χ4v) is 0.373. The molecule has 3 radical (unpaired) electrons. The Balaban J connectivity index is 3.00. The molecule has 3 nitrogen and oxygen atoms in total. The number of ether oxygens (including phenoxy) is 1. The van der Waals surface area contributed by atoms with Crippen LogP contribution in [0.3, 0.4) is 0 Å². The Kier molecular flexibility index (Phi) is 4.28. The zero-order chi connectivity index (χ0) is 5.70. The first-order valence-electron chi connectivity index (χ1n) is 1.90. The molecular formula is C3H6NO2Sn. The summed E-state index contributed by atoms with van der Waals surface area (Å²) in [4.78, 5) is 10.1. The number of amides is 1. The molecule has 39 valence electrons. The van der Waals surface area contributed by atoms with E-state index in [1.807, 2.05) is 0 Å². The molecule has 1 amide bonds. The maximum absolute atomic E-state index is 10.1. The third-order valence-corrected chi connectivity index (χ3v) is 0.960. The van der Waals surface area contributed by atoms with E-state index in [9.17, 15) is 4.79 Å². The first kappa shape index (κ1) is 7.07. The maximum atomic E-state index is 10.1. The summed E-state index contributed by atoms with van der Waals surface area (Å²) in [5.74, 6) is 0. The summed E-state index contributed by atoms with van der Waals surface area (Å²) in [6.45, 7) is 2.21. The van der Waals surface area contributed by atoms with Crippen LogP contribution < -0.4 is 3.54 Å². The molecule has 0 aromatic carbocycles. The molecule has 0 aliphatic heterocycles. The van der Waals surface area contributed by atoms with E-state index in [1.54, 1.807) is 6.92 Å². The quantitative estimate of drug-likeness (QED) is 0.605. The average molecular weight is 207 g/mol. The van der Waals surface area contributed by atoms with Crippen molar-refractivity contribution in [3.05, 3.63) is 0 Å². The topological polar surface area (TPSA) is 38.3 Å². The van der Waals surface area contributed by atoms with Crippen LogP contribution in [0.15, 0.2) is 0 Å². The van der Waals surface area contributed by atoms with Crippen LogP contribution in [0, 0.1) is 0 Å². The second-order valence-electron chi connectivity index (χ2n) is 0.845. The molecule has 0 heterocycles. The van der Waals surface area contributed by atoms with E-state index in [0.717, 1.165) is 22.8 Å². The molecule has 0 spiro atoms. The molecule has 0 rings (SSSR count). The van der Waals surface area contributed by atoms with Gasteiger partial charge < -0.3 is 0 Å². The van der Waals surface area contributed by atoms with Gasteiger partial charge in [-0.15, -0.1) is 0 Å². The predicted octanol–water partition coefficient (Wildman–Crippen LogP) is -0.184. The van der Waals surface area contributed by atoms with Gasteiger partial charge in [-0.1, -0.05) is 0 Å². The molecule has 0 aromatic heterocycles. The van der Waals surface area contributed by atoms with Crippen LogP contribution in [0.25, 0.3) is 0 Å². The average Bonchev–Trinajstić information content (AvgIpc) is 1.68. The molecule has 4 heteroatoms. The van der Waals surface area contributed by atoms with Crippen molar-refractivity contribution in [2.75, 3.05) is 6.61 Å². The van der Waals surface area contributed by atoms with Crippen LogP contribution in [0.5, 0.6) is 0 Å². The van der Waals surface area contributed by atoms with Gasteiger partial charge >= 0.3 is 55.5 Å². The van der Waals surface area contributed by atoms with Gasteiger partial charge in [0, 0.05) is 0 Å². The zero-order valence-electron chi connectivity index (χ0n) is 4.02. The third-order valence-electron chi connectivity index (χ3n) is 0.377. The predicted molar refractivity (Wildman–Crippen MR) is 25.9 cm³/mol. The first-order chi connectivity index (χ1) is 3.31. The fourth-order valence-electron chi connectivity index (χ4n) is 0.167. The Morgan fingerprint density at radius 1 is 2.00 bits per heavy atom. The summed E-state index contributed by atoms with van der Waals surface area (Å²) in [6.07, 6.45) is -0.333. The number of rotatable bonds is 1. The SMILES string of the molecule is CCOC(=O)[NH][Sn]. The molecule has 0 aliphatic carbocycles. The van der Waals surface area contributed by atoms with E-state index in [0.29, 0.717) is 6.61 Å². The van der Waals surface area contributed by atoms with E-state index in [2.05, 4.69) is 8.28 Å². The van der Waals surface area contributed by atoms with E-state index in [1.165, 1.54) is 0 Å². The van der Waals surface area contributed by atoms with E-state index in [-0.39, 0.29) is 6.09 Å². The van der Waals surface area contributed by atoms with Gasteiger partial charge in [0.15, 0.2) is 0 Å². The van der Waals surface area contributed by atoms with Crippen molar-refractivity contribution in [2.24, 2.45) is 0 Å². The minimum atomic E-state index is -0.333. The fraction of sp³-hybridized carbons (Fsp3) is 0.667. The van der Waals surface area contributed by atoms with Gasteiger partial charge in [0.2, 0.25) is 0 Å². The molecule has 0 aliphatic rings. The number of hydrogen-bond donors (Lipinski definition) is 1. The normalized spacial score (nSPS) is 7.71. The standard InChI is InChI=1S/C3H7NO2.Sn/c1-2-6-3(4)5;/h2H2,1H3,(H2,4,5);/q;+1/p-1. The van der Waals surface area contributed by atoms with Gasteiger partial charge in [-0.2, -0.15) is 0 Å². The number of carbonyl (C=O) groups is 1. The van der Waals surface area contributed by atoms with Crippen molar-refractivity contribution >= 4 is 28.9 Å². The van der Waals surface area contributed by atoms with Gasteiger partial charge in [-0.3, -0.25) is 0 Å². The molecule has 0 atom stereocenters. The molecule has 0 fully saturated rings. The zero-order valence-corrected chi connectivity index (χ0v) is 6.88. The second kappa shape index (κ2) is 4.23. The first-order valence-corrected chi connectivity index (χ1v) is 3.33. The number of carbonyl (C=O) groups excluding carboxylic acids is 1. The molecular weight excluding hydrogens is 201 g/mol. The molecule has 7 heavy (non-hydrogen) atoms. The minimum absolute atomic E-state index is 0.333. The van der Waals surface area contributed by atoms with Gasteiger partial charge in [-0.05, 0) is 0 Å². The number of nitrogens with one attached hydrogen (secondary N) is 1. The van der Waals surface area contributed by atoms with E-state index in [4.69, 9.17) is 0 Å². The Hall–Kier alpha value is 0.0687.